The lowest BCUT2D eigenvalue weighted by molar-refractivity contribution is -0.122. The first-order valence-electron chi connectivity index (χ1n) is 7.82. The zero-order chi connectivity index (χ0) is 17.0. The molecule has 1 aliphatic heterocycles. The summed E-state index contributed by atoms with van der Waals surface area (Å²) in [7, 11) is 0. The van der Waals surface area contributed by atoms with Crippen LogP contribution >= 0.6 is 11.8 Å². The van der Waals surface area contributed by atoms with Gasteiger partial charge in [-0.3, -0.25) is 9.59 Å². The van der Waals surface area contributed by atoms with Gasteiger partial charge in [0, 0.05) is 24.4 Å². The van der Waals surface area contributed by atoms with Crippen LogP contribution in [-0.2, 0) is 9.59 Å². The molecule has 0 bridgehead atoms. The van der Waals surface area contributed by atoms with Gasteiger partial charge < -0.3 is 15.3 Å². The number of hydrogen-bond donors (Lipinski definition) is 2. The predicted octanol–water partition coefficient (Wildman–Crippen LogP) is 2.04. The summed E-state index contributed by atoms with van der Waals surface area (Å²) >= 11 is 1.53. The van der Waals surface area contributed by atoms with Crippen molar-refractivity contribution in [2.75, 3.05) is 23.7 Å². The number of para-hydroxylation sites is 1. The molecule has 1 atom stereocenters. The second-order valence-electron chi connectivity index (χ2n) is 6.34. The van der Waals surface area contributed by atoms with Crippen LogP contribution in [0.3, 0.4) is 0 Å². The molecule has 1 aliphatic rings. The molecule has 0 radical (unpaired) electrons. The molecule has 0 spiro atoms. The Labute approximate surface area is 141 Å². The Bertz CT molecular complexity index is 587. The highest BCUT2D eigenvalue weighted by Gasteiger charge is 2.27. The number of amides is 2. The molecule has 1 heterocycles. The number of carbonyl (C=O) groups excluding carboxylic acids is 2. The number of aliphatic hydroxyl groups is 1. The van der Waals surface area contributed by atoms with E-state index in [-0.39, 0.29) is 30.7 Å². The van der Waals surface area contributed by atoms with Gasteiger partial charge in [-0.15, -0.1) is 11.8 Å². The third-order valence-electron chi connectivity index (χ3n) is 4.26. The Hall–Kier alpha value is -1.53. The zero-order valence-electron chi connectivity index (χ0n) is 13.8. The predicted molar refractivity (Wildman–Crippen MR) is 92.6 cm³/mol. The van der Waals surface area contributed by atoms with Gasteiger partial charge in [-0.1, -0.05) is 26.0 Å². The van der Waals surface area contributed by atoms with Gasteiger partial charge in [-0.05, 0) is 25.0 Å². The maximum atomic E-state index is 12.1. The molecular weight excluding hydrogens is 312 g/mol. The third kappa shape index (κ3) is 4.48. The van der Waals surface area contributed by atoms with Gasteiger partial charge >= 0.3 is 0 Å². The highest BCUT2D eigenvalue weighted by Crippen LogP contribution is 2.34. The molecule has 0 aliphatic carbocycles. The summed E-state index contributed by atoms with van der Waals surface area (Å²) in [4.78, 5) is 26.9. The van der Waals surface area contributed by atoms with Gasteiger partial charge in [-0.25, -0.2) is 0 Å². The van der Waals surface area contributed by atoms with Crippen molar-refractivity contribution in [1.82, 2.24) is 5.32 Å². The lowest BCUT2D eigenvalue weighted by atomic mass is 9.92. The third-order valence-corrected chi connectivity index (χ3v) is 5.31. The summed E-state index contributed by atoms with van der Waals surface area (Å²) in [5.41, 5.74) is -0.0597. The smallest absolute Gasteiger partial charge is 0.237 e. The number of rotatable bonds is 6. The van der Waals surface area contributed by atoms with Crippen LogP contribution < -0.4 is 10.2 Å². The summed E-state index contributed by atoms with van der Waals surface area (Å²) < 4.78 is 0. The van der Waals surface area contributed by atoms with Crippen molar-refractivity contribution in [3.8, 4) is 0 Å². The Kier molecular flexibility index (Phi) is 5.70. The molecule has 0 unspecified atom stereocenters. The van der Waals surface area contributed by atoms with Crippen LogP contribution in [-0.4, -0.2) is 41.4 Å². The van der Waals surface area contributed by atoms with E-state index in [1.54, 1.807) is 11.8 Å². The number of fused-ring (bicyclic) bond motifs is 1. The molecule has 5 nitrogen and oxygen atoms in total. The largest absolute Gasteiger partial charge is 0.388 e. The minimum Gasteiger partial charge on any atom is -0.388 e. The van der Waals surface area contributed by atoms with Gasteiger partial charge in [-0.2, -0.15) is 0 Å². The van der Waals surface area contributed by atoms with Gasteiger partial charge in [0.25, 0.3) is 0 Å². The molecule has 2 N–H and O–H groups in total. The van der Waals surface area contributed by atoms with E-state index < -0.39 is 5.60 Å². The lowest BCUT2D eigenvalue weighted by Crippen LogP contribution is -2.45. The maximum absolute atomic E-state index is 12.1. The summed E-state index contributed by atoms with van der Waals surface area (Å²) in [6.45, 7) is 6.09. The van der Waals surface area contributed by atoms with Crippen molar-refractivity contribution >= 4 is 29.3 Å². The van der Waals surface area contributed by atoms with E-state index in [1.807, 2.05) is 38.1 Å². The number of thioether (sulfide) groups is 1. The Balaban J connectivity index is 1.91. The number of carbonyl (C=O) groups is 2. The molecule has 0 fully saturated rings. The van der Waals surface area contributed by atoms with Crippen LogP contribution in [0.25, 0.3) is 0 Å². The summed E-state index contributed by atoms with van der Waals surface area (Å²) in [6.07, 6.45) is 0.221. The Morgan fingerprint density at radius 2 is 2.13 bits per heavy atom. The molecule has 23 heavy (non-hydrogen) atoms. The van der Waals surface area contributed by atoms with Crippen LogP contribution in [0, 0.1) is 5.92 Å². The molecule has 2 rings (SSSR count). The van der Waals surface area contributed by atoms with Crippen LogP contribution in [0.2, 0.25) is 0 Å². The van der Waals surface area contributed by atoms with Crippen LogP contribution in [0.5, 0.6) is 0 Å². The molecule has 126 valence electrons. The number of nitrogens with one attached hydrogen (secondary N) is 1. The normalized spacial score (nSPS) is 16.9. The van der Waals surface area contributed by atoms with Crippen molar-refractivity contribution in [1.29, 1.82) is 0 Å². The lowest BCUT2D eigenvalue weighted by Gasteiger charge is -2.29. The van der Waals surface area contributed by atoms with E-state index in [0.717, 1.165) is 10.6 Å². The van der Waals surface area contributed by atoms with E-state index in [9.17, 15) is 14.7 Å². The summed E-state index contributed by atoms with van der Waals surface area (Å²) in [5.74, 6) is 0.321. The van der Waals surface area contributed by atoms with E-state index in [1.165, 1.54) is 11.8 Å². The average Bonchev–Trinajstić information content (AvgIpc) is 2.52. The van der Waals surface area contributed by atoms with Crippen molar-refractivity contribution in [2.45, 2.75) is 37.7 Å². The van der Waals surface area contributed by atoms with Crippen molar-refractivity contribution in [2.24, 2.45) is 5.92 Å². The second kappa shape index (κ2) is 7.36. The van der Waals surface area contributed by atoms with Crippen LogP contribution in [0.15, 0.2) is 29.2 Å². The fourth-order valence-corrected chi connectivity index (χ4v) is 3.12. The SMILES string of the molecule is CC(C)[C@@](C)(O)CNC(=O)CCN1C(=O)CSc2ccccc21. The fourth-order valence-electron chi connectivity index (χ4n) is 2.18. The molecule has 1 aromatic rings. The molecule has 6 heteroatoms. The number of hydrogen-bond acceptors (Lipinski definition) is 4. The van der Waals surface area contributed by atoms with Crippen LogP contribution in [0.1, 0.15) is 27.2 Å². The topological polar surface area (TPSA) is 69.6 Å². The van der Waals surface area contributed by atoms with Gasteiger partial charge in [0.05, 0.1) is 17.0 Å². The summed E-state index contributed by atoms with van der Waals surface area (Å²) in [6, 6.07) is 7.73. The summed E-state index contributed by atoms with van der Waals surface area (Å²) in [5, 5.41) is 12.9. The first kappa shape index (κ1) is 17.8. The monoisotopic (exact) mass is 336 g/mol. The molecule has 0 saturated heterocycles. The first-order valence-corrected chi connectivity index (χ1v) is 8.81. The molecule has 1 aromatic carbocycles. The average molecular weight is 336 g/mol. The van der Waals surface area contributed by atoms with E-state index >= 15 is 0 Å². The van der Waals surface area contributed by atoms with E-state index in [2.05, 4.69) is 5.32 Å². The first-order chi connectivity index (χ1) is 10.8. The molecule has 0 aromatic heterocycles. The maximum Gasteiger partial charge on any atom is 0.237 e. The minimum absolute atomic E-state index is 0.0238. The second-order valence-corrected chi connectivity index (χ2v) is 7.36. The van der Waals surface area contributed by atoms with E-state index in [0.29, 0.717) is 12.3 Å². The van der Waals surface area contributed by atoms with E-state index in [4.69, 9.17) is 0 Å². The van der Waals surface area contributed by atoms with Gasteiger partial charge in [0.2, 0.25) is 11.8 Å². The number of benzene rings is 1. The fraction of sp³-hybridized carbons (Fsp3) is 0.529. The number of nitrogens with zero attached hydrogens (tertiary/aromatic N) is 1. The van der Waals surface area contributed by atoms with Gasteiger partial charge in [0.1, 0.15) is 0 Å². The Morgan fingerprint density at radius 1 is 1.43 bits per heavy atom. The van der Waals surface area contributed by atoms with Gasteiger partial charge in [0.15, 0.2) is 0 Å². The van der Waals surface area contributed by atoms with Crippen LogP contribution in [0.4, 0.5) is 5.69 Å². The highest BCUT2D eigenvalue weighted by molar-refractivity contribution is 8.00. The highest BCUT2D eigenvalue weighted by atomic mass is 32.2. The molecule has 2 amide bonds. The van der Waals surface area contributed by atoms with Crippen molar-refractivity contribution < 1.29 is 14.7 Å². The van der Waals surface area contributed by atoms with Crippen molar-refractivity contribution in [3.63, 3.8) is 0 Å². The molecule has 0 saturated carbocycles. The Morgan fingerprint density at radius 3 is 2.83 bits per heavy atom. The standard InChI is InChI=1S/C17H24N2O3S/c1-12(2)17(3,22)11-18-15(20)8-9-19-13-6-4-5-7-14(13)23-10-16(19)21/h4-7,12,22H,8-11H2,1-3H3,(H,18,20)/t17-/m0/s1. The molecular formula is C17H24N2O3S. The quantitative estimate of drug-likeness (QED) is 0.834. The number of anilines is 1. The minimum atomic E-state index is -0.931. The van der Waals surface area contributed by atoms with Crippen molar-refractivity contribution in [3.05, 3.63) is 24.3 Å². The zero-order valence-corrected chi connectivity index (χ0v) is 14.7.